The van der Waals surface area contributed by atoms with Crippen molar-refractivity contribution in [1.82, 2.24) is 4.90 Å². The summed E-state index contributed by atoms with van der Waals surface area (Å²) < 4.78 is 0. The number of non-ortho nitro benzene ring substituents is 1. The summed E-state index contributed by atoms with van der Waals surface area (Å²) in [6.07, 6.45) is 1.59. The Balaban J connectivity index is 3.24. The van der Waals surface area contributed by atoms with E-state index in [1.807, 2.05) is 13.8 Å². The van der Waals surface area contributed by atoms with E-state index in [1.54, 1.807) is 11.9 Å². The molecular weight excluding hydrogens is 282 g/mol. The number of hydrogen-bond donors (Lipinski definition) is 1. The summed E-state index contributed by atoms with van der Waals surface area (Å²) in [5.41, 5.74) is 5.66. The van der Waals surface area contributed by atoms with E-state index >= 15 is 0 Å². The van der Waals surface area contributed by atoms with Gasteiger partial charge < -0.3 is 10.6 Å². The molecule has 0 aliphatic carbocycles. The fraction of sp³-hybridized carbons (Fsp3) is 0.462. The summed E-state index contributed by atoms with van der Waals surface area (Å²) in [6.45, 7) is 3.95. The van der Waals surface area contributed by atoms with Crippen LogP contribution in [0, 0.1) is 10.1 Å². The highest BCUT2D eigenvalue weighted by Gasteiger charge is 2.24. The number of nitro groups is 1. The fourth-order valence-electron chi connectivity index (χ4n) is 2.08. The standard InChI is InChI=1S/C13H18ClN3O3/c1-4-8(5-2)16(3)13(18)10-6-9(17(19)20)7-11(14)12(10)15/h6-8H,4-5,15H2,1-3H3. The fourth-order valence-corrected chi connectivity index (χ4v) is 2.29. The molecule has 20 heavy (non-hydrogen) atoms. The number of carbonyl (C=O) groups excluding carboxylic acids is 1. The SMILES string of the molecule is CCC(CC)N(C)C(=O)c1cc([N+](=O)[O-])cc(Cl)c1N. The van der Waals surface area contributed by atoms with Crippen LogP contribution in [0.25, 0.3) is 0 Å². The van der Waals surface area contributed by atoms with Crippen molar-refractivity contribution in [3.8, 4) is 0 Å². The summed E-state index contributed by atoms with van der Waals surface area (Å²) in [6, 6.07) is 2.37. The van der Waals surface area contributed by atoms with Crippen LogP contribution in [0.4, 0.5) is 11.4 Å². The quantitative estimate of drug-likeness (QED) is 0.514. The van der Waals surface area contributed by atoms with Crippen LogP contribution < -0.4 is 5.73 Å². The molecule has 1 rings (SSSR count). The lowest BCUT2D eigenvalue weighted by Gasteiger charge is -2.26. The van der Waals surface area contributed by atoms with Gasteiger partial charge in [0.1, 0.15) is 0 Å². The smallest absolute Gasteiger partial charge is 0.271 e. The molecule has 7 heteroatoms. The molecule has 1 aromatic carbocycles. The molecule has 0 aliphatic heterocycles. The van der Waals surface area contributed by atoms with E-state index in [4.69, 9.17) is 17.3 Å². The molecule has 0 aliphatic rings. The highest BCUT2D eigenvalue weighted by atomic mass is 35.5. The van der Waals surface area contributed by atoms with Crippen LogP contribution in [0.5, 0.6) is 0 Å². The van der Waals surface area contributed by atoms with Gasteiger partial charge in [0, 0.05) is 25.2 Å². The number of hydrogen-bond acceptors (Lipinski definition) is 4. The minimum Gasteiger partial charge on any atom is -0.397 e. The van der Waals surface area contributed by atoms with Crippen molar-refractivity contribution in [2.75, 3.05) is 12.8 Å². The van der Waals surface area contributed by atoms with Crippen molar-refractivity contribution in [2.45, 2.75) is 32.7 Å². The average Bonchev–Trinajstić information content (AvgIpc) is 2.41. The molecular formula is C13H18ClN3O3. The number of nitrogens with two attached hydrogens (primary N) is 1. The van der Waals surface area contributed by atoms with Crippen LogP contribution in [-0.2, 0) is 0 Å². The maximum atomic E-state index is 12.4. The van der Waals surface area contributed by atoms with Crippen LogP contribution in [0.3, 0.4) is 0 Å². The number of anilines is 1. The minimum atomic E-state index is -0.598. The number of benzene rings is 1. The third-order valence-corrected chi connectivity index (χ3v) is 3.68. The van der Waals surface area contributed by atoms with Gasteiger partial charge in [-0.2, -0.15) is 0 Å². The predicted octanol–water partition coefficient (Wildman–Crippen LogP) is 3.09. The largest absolute Gasteiger partial charge is 0.397 e. The first-order chi connectivity index (χ1) is 9.33. The van der Waals surface area contributed by atoms with Crippen molar-refractivity contribution in [1.29, 1.82) is 0 Å². The lowest BCUT2D eigenvalue weighted by atomic mass is 10.1. The van der Waals surface area contributed by atoms with Gasteiger partial charge in [0.2, 0.25) is 0 Å². The van der Waals surface area contributed by atoms with Crippen molar-refractivity contribution >= 4 is 28.9 Å². The van der Waals surface area contributed by atoms with Gasteiger partial charge in [-0.25, -0.2) is 0 Å². The average molecular weight is 300 g/mol. The molecule has 0 saturated carbocycles. The second-order valence-electron chi connectivity index (χ2n) is 4.53. The Labute approximate surface area is 122 Å². The molecule has 0 aromatic heterocycles. The molecule has 1 aromatic rings. The number of rotatable bonds is 5. The zero-order valence-electron chi connectivity index (χ0n) is 11.7. The van der Waals surface area contributed by atoms with Gasteiger partial charge in [-0.15, -0.1) is 0 Å². The number of nitrogens with zero attached hydrogens (tertiary/aromatic N) is 2. The van der Waals surface area contributed by atoms with Gasteiger partial charge in [-0.3, -0.25) is 14.9 Å². The number of nitro benzene ring substituents is 1. The van der Waals surface area contributed by atoms with Crippen LogP contribution in [-0.4, -0.2) is 28.8 Å². The number of amides is 1. The molecule has 0 fully saturated rings. The van der Waals surface area contributed by atoms with Gasteiger partial charge in [0.15, 0.2) is 0 Å². The van der Waals surface area contributed by atoms with E-state index in [0.29, 0.717) is 0 Å². The normalized spacial score (nSPS) is 10.7. The van der Waals surface area contributed by atoms with Crippen LogP contribution >= 0.6 is 11.6 Å². The van der Waals surface area contributed by atoms with Gasteiger partial charge in [0.25, 0.3) is 11.6 Å². The Bertz CT molecular complexity index is 530. The summed E-state index contributed by atoms with van der Waals surface area (Å²) in [5, 5.41) is 10.9. The molecule has 0 spiro atoms. The Morgan fingerprint density at radius 2 is 2.00 bits per heavy atom. The highest BCUT2D eigenvalue weighted by Crippen LogP contribution is 2.30. The maximum Gasteiger partial charge on any atom is 0.271 e. The zero-order chi connectivity index (χ0) is 15.4. The molecule has 6 nitrogen and oxygen atoms in total. The van der Waals surface area contributed by atoms with Crippen molar-refractivity contribution < 1.29 is 9.72 Å². The Morgan fingerprint density at radius 1 is 1.45 bits per heavy atom. The van der Waals surface area contributed by atoms with Gasteiger partial charge >= 0.3 is 0 Å². The highest BCUT2D eigenvalue weighted by molar-refractivity contribution is 6.34. The lowest BCUT2D eigenvalue weighted by Crippen LogP contribution is -2.36. The summed E-state index contributed by atoms with van der Waals surface area (Å²) >= 11 is 5.86. The third-order valence-electron chi connectivity index (χ3n) is 3.37. The molecule has 0 radical (unpaired) electrons. The molecule has 0 heterocycles. The van der Waals surface area contributed by atoms with E-state index in [-0.39, 0.29) is 33.9 Å². The van der Waals surface area contributed by atoms with Crippen molar-refractivity contribution in [3.63, 3.8) is 0 Å². The molecule has 0 saturated heterocycles. The summed E-state index contributed by atoms with van der Waals surface area (Å²) in [5.74, 6) is -0.359. The Kier molecular flexibility index (Phi) is 5.33. The molecule has 2 N–H and O–H groups in total. The molecule has 0 unspecified atom stereocenters. The number of halogens is 1. The van der Waals surface area contributed by atoms with Gasteiger partial charge in [0.05, 0.1) is 21.2 Å². The third kappa shape index (κ3) is 3.19. The summed E-state index contributed by atoms with van der Waals surface area (Å²) in [4.78, 5) is 24.2. The second kappa shape index (κ2) is 6.56. The topological polar surface area (TPSA) is 89.5 Å². The Hall–Kier alpha value is -1.82. The molecule has 1 amide bonds. The lowest BCUT2D eigenvalue weighted by molar-refractivity contribution is -0.384. The van der Waals surface area contributed by atoms with E-state index < -0.39 is 4.92 Å². The first-order valence-corrected chi connectivity index (χ1v) is 6.71. The van der Waals surface area contributed by atoms with E-state index in [2.05, 4.69) is 0 Å². The maximum absolute atomic E-state index is 12.4. The summed E-state index contributed by atoms with van der Waals surface area (Å²) in [7, 11) is 1.66. The number of nitrogen functional groups attached to an aromatic ring is 1. The second-order valence-corrected chi connectivity index (χ2v) is 4.94. The minimum absolute atomic E-state index is 0.0143. The van der Waals surface area contributed by atoms with Crippen molar-refractivity contribution in [2.24, 2.45) is 0 Å². The molecule has 0 bridgehead atoms. The first-order valence-electron chi connectivity index (χ1n) is 6.33. The van der Waals surface area contributed by atoms with Crippen LogP contribution in [0.2, 0.25) is 5.02 Å². The van der Waals surface area contributed by atoms with E-state index in [0.717, 1.165) is 18.9 Å². The molecule has 0 atom stereocenters. The van der Waals surface area contributed by atoms with Crippen molar-refractivity contribution in [3.05, 3.63) is 32.8 Å². The number of carbonyl (C=O) groups is 1. The van der Waals surface area contributed by atoms with Gasteiger partial charge in [-0.05, 0) is 12.8 Å². The van der Waals surface area contributed by atoms with E-state index in [1.165, 1.54) is 6.07 Å². The predicted molar refractivity (Wildman–Crippen MR) is 79.0 cm³/mol. The van der Waals surface area contributed by atoms with Gasteiger partial charge in [-0.1, -0.05) is 25.4 Å². The van der Waals surface area contributed by atoms with Crippen LogP contribution in [0.15, 0.2) is 12.1 Å². The van der Waals surface area contributed by atoms with Crippen LogP contribution in [0.1, 0.15) is 37.0 Å². The van der Waals surface area contributed by atoms with E-state index in [9.17, 15) is 14.9 Å². The first kappa shape index (κ1) is 16.2. The zero-order valence-corrected chi connectivity index (χ0v) is 12.5. The monoisotopic (exact) mass is 299 g/mol. The molecule has 110 valence electrons. The Morgan fingerprint density at radius 3 is 2.45 bits per heavy atom.